The highest BCUT2D eigenvalue weighted by atomic mass is 16.4. The first-order chi connectivity index (χ1) is 11.8. The second-order valence-corrected chi connectivity index (χ2v) is 7.55. The summed E-state index contributed by atoms with van der Waals surface area (Å²) in [7, 11) is 0. The molecular formula is C19H23N3O3. The Bertz CT molecular complexity index is 845. The van der Waals surface area contributed by atoms with Gasteiger partial charge < -0.3 is 15.4 Å². The number of hydrogen-bond donors (Lipinski definition) is 3. The van der Waals surface area contributed by atoms with E-state index >= 15 is 0 Å². The summed E-state index contributed by atoms with van der Waals surface area (Å²) in [5, 5.41) is 12.2. The summed E-state index contributed by atoms with van der Waals surface area (Å²) < 4.78 is 0. The second kappa shape index (κ2) is 6.35. The van der Waals surface area contributed by atoms with Crippen LogP contribution in [-0.4, -0.2) is 27.0 Å². The van der Waals surface area contributed by atoms with Gasteiger partial charge in [0.1, 0.15) is 5.82 Å². The van der Waals surface area contributed by atoms with Crippen molar-refractivity contribution >= 4 is 28.6 Å². The van der Waals surface area contributed by atoms with Gasteiger partial charge in [-0.3, -0.25) is 9.59 Å². The zero-order chi connectivity index (χ0) is 18.2. The number of imidazole rings is 1. The molecule has 3 N–H and O–H groups in total. The Hall–Kier alpha value is -2.63. The molecule has 0 saturated heterocycles. The second-order valence-electron chi connectivity index (χ2n) is 7.55. The van der Waals surface area contributed by atoms with E-state index in [1.54, 1.807) is 6.07 Å². The number of anilines is 1. The molecule has 1 aliphatic carbocycles. The van der Waals surface area contributed by atoms with Crippen LogP contribution in [0.2, 0.25) is 0 Å². The first-order valence-electron chi connectivity index (χ1n) is 8.44. The van der Waals surface area contributed by atoms with Gasteiger partial charge in [-0.2, -0.15) is 0 Å². The van der Waals surface area contributed by atoms with Crippen LogP contribution in [0.5, 0.6) is 0 Å². The van der Waals surface area contributed by atoms with Gasteiger partial charge in [0.2, 0.25) is 5.91 Å². The standard InChI is InChI=1S/C19H23N3O3/c1-19(2,3)18-21-14-9-8-11(10-15(14)22-18)20-16(23)12-6-4-5-7-13(12)17(24)25/h4-5,8-10,12-13H,6-7H2,1-3H3,(H,20,23)(H,21,22)(H,24,25). The third kappa shape index (κ3) is 3.57. The molecule has 2 unspecified atom stereocenters. The fourth-order valence-corrected chi connectivity index (χ4v) is 3.05. The number of aliphatic carboxylic acids is 1. The number of carboxylic acids is 1. The maximum absolute atomic E-state index is 12.5. The number of nitrogens with one attached hydrogen (secondary N) is 2. The van der Waals surface area contributed by atoms with Gasteiger partial charge in [-0.25, -0.2) is 4.98 Å². The zero-order valence-corrected chi connectivity index (χ0v) is 14.7. The third-order valence-electron chi connectivity index (χ3n) is 4.55. The molecule has 0 aliphatic heterocycles. The van der Waals surface area contributed by atoms with Gasteiger partial charge in [-0.05, 0) is 31.0 Å². The fraction of sp³-hybridized carbons (Fsp3) is 0.421. The van der Waals surface area contributed by atoms with Crippen molar-refractivity contribution in [2.24, 2.45) is 11.8 Å². The normalized spacial score (nSPS) is 20.6. The monoisotopic (exact) mass is 341 g/mol. The highest BCUT2D eigenvalue weighted by molar-refractivity contribution is 5.96. The molecule has 132 valence electrons. The van der Waals surface area contributed by atoms with E-state index in [0.717, 1.165) is 16.9 Å². The minimum atomic E-state index is -0.927. The Morgan fingerprint density at radius 2 is 1.88 bits per heavy atom. The topological polar surface area (TPSA) is 95.1 Å². The van der Waals surface area contributed by atoms with E-state index in [1.165, 1.54) is 0 Å². The molecule has 1 amide bonds. The highest BCUT2D eigenvalue weighted by Gasteiger charge is 2.34. The van der Waals surface area contributed by atoms with Gasteiger partial charge in [0.25, 0.3) is 0 Å². The van der Waals surface area contributed by atoms with Crippen molar-refractivity contribution in [2.75, 3.05) is 5.32 Å². The van der Waals surface area contributed by atoms with Gasteiger partial charge in [-0.15, -0.1) is 0 Å². The summed E-state index contributed by atoms with van der Waals surface area (Å²) in [6, 6.07) is 5.48. The van der Waals surface area contributed by atoms with Crippen LogP contribution in [0.25, 0.3) is 11.0 Å². The van der Waals surface area contributed by atoms with Gasteiger partial charge in [0, 0.05) is 11.1 Å². The number of benzene rings is 1. The molecule has 6 nitrogen and oxygen atoms in total. The van der Waals surface area contributed by atoms with Crippen LogP contribution in [0.1, 0.15) is 39.4 Å². The quantitative estimate of drug-likeness (QED) is 0.745. The van der Waals surface area contributed by atoms with E-state index in [0.29, 0.717) is 18.5 Å². The number of rotatable bonds is 3. The summed E-state index contributed by atoms with van der Waals surface area (Å²) in [5.74, 6) is -1.53. The van der Waals surface area contributed by atoms with Crippen molar-refractivity contribution in [3.63, 3.8) is 0 Å². The molecule has 2 aromatic rings. The van der Waals surface area contributed by atoms with E-state index in [9.17, 15) is 14.7 Å². The van der Waals surface area contributed by atoms with Gasteiger partial charge in [0.05, 0.1) is 22.9 Å². The number of aromatic nitrogens is 2. The molecule has 25 heavy (non-hydrogen) atoms. The van der Waals surface area contributed by atoms with Crippen LogP contribution in [-0.2, 0) is 15.0 Å². The van der Waals surface area contributed by atoms with Crippen LogP contribution in [0.4, 0.5) is 5.69 Å². The zero-order valence-electron chi connectivity index (χ0n) is 14.7. The van der Waals surface area contributed by atoms with E-state index in [4.69, 9.17) is 0 Å². The molecule has 6 heteroatoms. The number of amides is 1. The van der Waals surface area contributed by atoms with Crippen molar-refractivity contribution < 1.29 is 14.7 Å². The number of carbonyl (C=O) groups excluding carboxylic acids is 1. The number of fused-ring (bicyclic) bond motifs is 1. The Kier molecular flexibility index (Phi) is 4.37. The van der Waals surface area contributed by atoms with Gasteiger partial charge >= 0.3 is 5.97 Å². The predicted molar refractivity (Wildman–Crippen MR) is 96.4 cm³/mol. The maximum Gasteiger partial charge on any atom is 0.307 e. The van der Waals surface area contributed by atoms with Crippen LogP contribution in [0, 0.1) is 11.8 Å². The summed E-state index contributed by atoms with van der Waals surface area (Å²) in [6.07, 6.45) is 4.54. The third-order valence-corrected chi connectivity index (χ3v) is 4.55. The van der Waals surface area contributed by atoms with Crippen molar-refractivity contribution in [3.8, 4) is 0 Å². The molecule has 0 fully saturated rings. The van der Waals surface area contributed by atoms with Gasteiger partial charge in [-0.1, -0.05) is 32.9 Å². The smallest absolute Gasteiger partial charge is 0.307 e. The lowest BCUT2D eigenvalue weighted by Crippen LogP contribution is -2.34. The molecule has 0 bridgehead atoms. The summed E-state index contributed by atoms with van der Waals surface area (Å²) in [6.45, 7) is 6.24. The predicted octanol–water partition coefficient (Wildman–Crippen LogP) is 3.47. The Labute approximate surface area is 146 Å². The van der Waals surface area contributed by atoms with Crippen LogP contribution < -0.4 is 5.32 Å². The molecule has 0 spiro atoms. The van der Waals surface area contributed by atoms with Crippen LogP contribution in [0.3, 0.4) is 0 Å². The van der Waals surface area contributed by atoms with E-state index in [-0.39, 0.29) is 11.3 Å². The summed E-state index contributed by atoms with van der Waals surface area (Å²) in [4.78, 5) is 31.8. The molecule has 2 atom stereocenters. The fourth-order valence-electron chi connectivity index (χ4n) is 3.05. The number of carbonyl (C=O) groups is 2. The number of aromatic amines is 1. The Balaban J connectivity index is 1.81. The molecule has 1 aromatic carbocycles. The lowest BCUT2D eigenvalue weighted by atomic mass is 9.82. The SMILES string of the molecule is CC(C)(C)c1nc2ccc(NC(=O)C3CC=CCC3C(=O)O)cc2[nH]1. The average Bonchev–Trinajstić information content (AvgIpc) is 2.98. The lowest BCUT2D eigenvalue weighted by Gasteiger charge is -2.24. The first-order valence-corrected chi connectivity index (χ1v) is 8.44. The molecule has 0 radical (unpaired) electrons. The van der Waals surface area contributed by atoms with Crippen LogP contribution >= 0.6 is 0 Å². The molecule has 1 heterocycles. The number of H-pyrrole nitrogens is 1. The van der Waals surface area contributed by atoms with Crippen molar-refractivity contribution in [1.82, 2.24) is 9.97 Å². The van der Waals surface area contributed by atoms with Gasteiger partial charge in [0.15, 0.2) is 0 Å². The average molecular weight is 341 g/mol. The molecule has 0 saturated carbocycles. The minimum absolute atomic E-state index is 0.0917. The summed E-state index contributed by atoms with van der Waals surface area (Å²) >= 11 is 0. The molecule has 1 aliphatic rings. The van der Waals surface area contributed by atoms with E-state index in [1.807, 2.05) is 24.3 Å². The van der Waals surface area contributed by atoms with Crippen molar-refractivity contribution in [3.05, 3.63) is 36.2 Å². The number of hydrogen-bond acceptors (Lipinski definition) is 3. The maximum atomic E-state index is 12.5. The van der Waals surface area contributed by atoms with Crippen LogP contribution in [0.15, 0.2) is 30.4 Å². The number of nitrogens with zero attached hydrogens (tertiary/aromatic N) is 1. The molecule has 1 aromatic heterocycles. The van der Waals surface area contributed by atoms with E-state index in [2.05, 4.69) is 36.1 Å². The highest BCUT2D eigenvalue weighted by Crippen LogP contribution is 2.28. The number of allylic oxidation sites excluding steroid dienone is 2. The molecule has 3 rings (SSSR count). The number of carboxylic acid groups (broad SMARTS) is 1. The summed E-state index contributed by atoms with van der Waals surface area (Å²) in [5.41, 5.74) is 2.24. The lowest BCUT2D eigenvalue weighted by molar-refractivity contribution is -0.146. The molecular weight excluding hydrogens is 318 g/mol. The largest absolute Gasteiger partial charge is 0.481 e. The van der Waals surface area contributed by atoms with E-state index < -0.39 is 17.8 Å². The Morgan fingerprint density at radius 1 is 1.20 bits per heavy atom. The van der Waals surface area contributed by atoms with Crippen molar-refractivity contribution in [2.45, 2.75) is 39.0 Å². The minimum Gasteiger partial charge on any atom is -0.481 e. The Morgan fingerprint density at radius 3 is 2.52 bits per heavy atom. The van der Waals surface area contributed by atoms with Crippen molar-refractivity contribution in [1.29, 1.82) is 0 Å². The first kappa shape index (κ1) is 17.2.